The number of rotatable bonds is 4. The van der Waals surface area contributed by atoms with Crippen molar-refractivity contribution in [3.63, 3.8) is 0 Å². The minimum absolute atomic E-state index is 0.00468. The minimum Gasteiger partial charge on any atom is -0.460 e. The number of hydrogen-bond acceptors (Lipinski definition) is 5. The fraction of sp³-hybridized carbons (Fsp3) is 0.611. The maximum absolute atomic E-state index is 11.9. The van der Waals surface area contributed by atoms with Crippen LogP contribution in [0.2, 0.25) is 5.02 Å². The molecule has 2 fully saturated rings. The van der Waals surface area contributed by atoms with Crippen LogP contribution in [0.1, 0.15) is 40.0 Å². The first-order valence-corrected chi connectivity index (χ1v) is 8.85. The van der Waals surface area contributed by atoms with Gasteiger partial charge in [0.15, 0.2) is 0 Å². The topological polar surface area (TPSA) is 72.7 Å². The normalized spacial score (nSPS) is 19.3. The molecule has 25 heavy (non-hydrogen) atoms. The van der Waals surface area contributed by atoms with E-state index in [1.165, 1.54) is 12.1 Å². The second kappa shape index (κ2) is 6.16. The number of nitro groups is 1. The molecule has 7 heteroatoms. The van der Waals surface area contributed by atoms with Gasteiger partial charge in [0.05, 0.1) is 15.6 Å². The largest absolute Gasteiger partial charge is 0.460 e. The Kier molecular flexibility index (Phi) is 4.43. The molecule has 0 amide bonds. The zero-order valence-corrected chi connectivity index (χ0v) is 15.5. The zero-order valence-electron chi connectivity index (χ0n) is 14.8. The number of carbonyl (C=O) groups is 1. The van der Waals surface area contributed by atoms with Crippen LogP contribution in [0.3, 0.4) is 0 Å². The SMILES string of the molecule is CC(C)(C)OC(=O)CC1CC2(C1)CN(c1ccc([N+](=O)[O-])cc1Cl)C2. The molecule has 1 aromatic carbocycles. The van der Waals surface area contributed by atoms with E-state index in [1.54, 1.807) is 6.07 Å². The molecular formula is C18H23ClN2O4. The molecule has 0 bridgehead atoms. The highest BCUT2D eigenvalue weighted by Crippen LogP contribution is 2.54. The van der Waals surface area contributed by atoms with Crippen LogP contribution >= 0.6 is 11.6 Å². The quantitative estimate of drug-likeness (QED) is 0.453. The lowest BCUT2D eigenvalue weighted by atomic mass is 9.57. The standard InChI is InChI=1S/C18H23ClN2O4/c1-17(2,3)25-16(22)6-12-8-18(9-12)10-20(11-18)15-5-4-13(21(23)24)7-14(15)19/h4-5,7,12H,6,8-11H2,1-3H3. The lowest BCUT2D eigenvalue weighted by Crippen LogP contribution is -2.62. The van der Waals surface area contributed by atoms with Gasteiger partial charge in [-0.2, -0.15) is 0 Å². The number of benzene rings is 1. The Balaban J connectivity index is 1.49. The summed E-state index contributed by atoms with van der Waals surface area (Å²) in [6.07, 6.45) is 2.53. The molecule has 3 rings (SSSR count). The molecule has 136 valence electrons. The van der Waals surface area contributed by atoms with Gasteiger partial charge in [-0.25, -0.2) is 0 Å². The zero-order chi connectivity index (χ0) is 18.4. The molecule has 0 unspecified atom stereocenters. The van der Waals surface area contributed by atoms with Gasteiger partial charge in [0, 0.05) is 37.1 Å². The van der Waals surface area contributed by atoms with Crippen LogP contribution in [0, 0.1) is 21.4 Å². The summed E-state index contributed by atoms with van der Waals surface area (Å²) in [4.78, 5) is 24.4. The molecule has 1 aliphatic heterocycles. The van der Waals surface area contributed by atoms with E-state index in [4.69, 9.17) is 16.3 Å². The first-order valence-electron chi connectivity index (χ1n) is 8.48. The molecule has 0 aromatic heterocycles. The van der Waals surface area contributed by atoms with Gasteiger partial charge in [-0.15, -0.1) is 0 Å². The monoisotopic (exact) mass is 366 g/mol. The van der Waals surface area contributed by atoms with Crippen LogP contribution in [0.5, 0.6) is 0 Å². The average Bonchev–Trinajstić information content (AvgIpc) is 2.38. The number of hydrogen-bond donors (Lipinski definition) is 0. The molecule has 1 aromatic rings. The lowest BCUT2D eigenvalue weighted by molar-refractivity contribution is -0.384. The highest BCUT2D eigenvalue weighted by molar-refractivity contribution is 6.33. The van der Waals surface area contributed by atoms with Crippen LogP contribution in [0.25, 0.3) is 0 Å². The van der Waals surface area contributed by atoms with Crippen LogP contribution in [0.15, 0.2) is 18.2 Å². The van der Waals surface area contributed by atoms with Gasteiger partial charge >= 0.3 is 5.97 Å². The first kappa shape index (κ1) is 18.0. The van der Waals surface area contributed by atoms with E-state index < -0.39 is 10.5 Å². The van der Waals surface area contributed by atoms with Gasteiger partial charge in [-0.05, 0) is 45.6 Å². The molecule has 1 aliphatic carbocycles. The highest BCUT2D eigenvalue weighted by atomic mass is 35.5. The van der Waals surface area contributed by atoms with Crippen LogP contribution in [-0.4, -0.2) is 29.6 Å². The third-order valence-corrected chi connectivity index (χ3v) is 5.16. The van der Waals surface area contributed by atoms with Gasteiger partial charge < -0.3 is 9.64 Å². The van der Waals surface area contributed by atoms with E-state index in [0.717, 1.165) is 31.6 Å². The summed E-state index contributed by atoms with van der Waals surface area (Å²) in [5.74, 6) is 0.270. The Morgan fingerprint density at radius 3 is 2.56 bits per heavy atom. The average molecular weight is 367 g/mol. The fourth-order valence-electron chi connectivity index (χ4n) is 3.99. The Labute approximate surface area is 152 Å². The van der Waals surface area contributed by atoms with E-state index in [2.05, 4.69) is 4.90 Å². The minimum atomic E-state index is -0.444. The van der Waals surface area contributed by atoms with Crippen LogP contribution in [-0.2, 0) is 9.53 Å². The fourth-order valence-corrected chi connectivity index (χ4v) is 4.28. The summed E-state index contributed by atoms with van der Waals surface area (Å²) in [5, 5.41) is 11.2. The van der Waals surface area contributed by atoms with Crippen molar-refractivity contribution < 1.29 is 14.5 Å². The molecule has 0 radical (unpaired) electrons. The number of ether oxygens (including phenoxy) is 1. The Hall–Kier alpha value is -1.82. The molecule has 6 nitrogen and oxygen atoms in total. The number of esters is 1. The predicted octanol–water partition coefficient (Wildman–Crippen LogP) is 4.20. The third kappa shape index (κ3) is 3.89. The summed E-state index contributed by atoms with van der Waals surface area (Å²) >= 11 is 6.19. The summed E-state index contributed by atoms with van der Waals surface area (Å²) < 4.78 is 5.38. The molecule has 1 heterocycles. The Bertz CT molecular complexity index is 700. The summed E-state index contributed by atoms with van der Waals surface area (Å²) in [6, 6.07) is 4.59. The van der Waals surface area contributed by atoms with Crippen LogP contribution in [0.4, 0.5) is 11.4 Å². The van der Waals surface area contributed by atoms with Crippen LogP contribution < -0.4 is 4.90 Å². The molecule has 1 saturated heterocycles. The Morgan fingerprint density at radius 1 is 1.40 bits per heavy atom. The second-order valence-corrected chi connectivity index (χ2v) is 8.72. The lowest BCUT2D eigenvalue weighted by Gasteiger charge is -2.60. The maximum atomic E-state index is 11.9. The number of nitro benzene ring substituents is 1. The van der Waals surface area contributed by atoms with Crippen molar-refractivity contribution in [2.75, 3.05) is 18.0 Å². The van der Waals surface area contributed by atoms with Crippen molar-refractivity contribution in [3.8, 4) is 0 Å². The van der Waals surface area contributed by atoms with Gasteiger partial charge in [0.25, 0.3) is 5.69 Å². The maximum Gasteiger partial charge on any atom is 0.306 e. The summed E-state index contributed by atoms with van der Waals surface area (Å²) in [7, 11) is 0. The van der Waals surface area contributed by atoms with Gasteiger partial charge in [-0.1, -0.05) is 11.6 Å². The number of non-ortho nitro benzene ring substituents is 1. The van der Waals surface area contributed by atoms with E-state index in [-0.39, 0.29) is 17.1 Å². The van der Waals surface area contributed by atoms with Crippen molar-refractivity contribution in [3.05, 3.63) is 33.3 Å². The van der Waals surface area contributed by atoms with E-state index in [0.29, 0.717) is 17.4 Å². The second-order valence-electron chi connectivity index (χ2n) is 8.31. The molecule has 1 saturated carbocycles. The van der Waals surface area contributed by atoms with Crippen molar-refractivity contribution in [2.45, 2.75) is 45.6 Å². The van der Waals surface area contributed by atoms with E-state index >= 15 is 0 Å². The van der Waals surface area contributed by atoms with Gasteiger partial charge in [0.2, 0.25) is 0 Å². The van der Waals surface area contributed by atoms with E-state index in [1.807, 2.05) is 20.8 Å². The number of anilines is 1. The first-order chi connectivity index (χ1) is 11.6. The van der Waals surface area contributed by atoms with Crippen molar-refractivity contribution in [2.24, 2.45) is 11.3 Å². The van der Waals surface area contributed by atoms with Crippen molar-refractivity contribution in [1.29, 1.82) is 0 Å². The molecule has 0 atom stereocenters. The summed E-state index contributed by atoms with van der Waals surface area (Å²) in [5.41, 5.74) is 0.675. The molecule has 2 aliphatic rings. The molecule has 0 N–H and O–H groups in total. The molecule has 1 spiro atoms. The van der Waals surface area contributed by atoms with Gasteiger partial charge in [-0.3, -0.25) is 14.9 Å². The van der Waals surface area contributed by atoms with Crippen molar-refractivity contribution >= 4 is 28.9 Å². The number of carbonyl (C=O) groups excluding carboxylic acids is 1. The predicted molar refractivity (Wildman–Crippen MR) is 95.9 cm³/mol. The number of nitrogens with zero attached hydrogens (tertiary/aromatic N) is 2. The van der Waals surface area contributed by atoms with Gasteiger partial charge in [0.1, 0.15) is 5.60 Å². The van der Waals surface area contributed by atoms with E-state index in [9.17, 15) is 14.9 Å². The van der Waals surface area contributed by atoms with Crippen molar-refractivity contribution in [1.82, 2.24) is 0 Å². The number of halogens is 1. The highest BCUT2D eigenvalue weighted by Gasteiger charge is 2.53. The summed E-state index contributed by atoms with van der Waals surface area (Å²) in [6.45, 7) is 7.41. The Morgan fingerprint density at radius 2 is 2.04 bits per heavy atom. The smallest absolute Gasteiger partial charge is 0.306 e. The third-order valence-electron chi connectivity index (χ3n) is 4.85. The molecular weight excluding hydrogens is 344 g/mol.